The van der Waals surface area contributed by atoms with Gasteiger partial charge in [0.2, 0.25) is 0 Å². The lowest BCUT2D eigenvalue weighted by Crippen LogP contribution is -1.89. The molecule has 64 valence electrons. The van der Waals surface area contributed by atoms with E-state index in [2.05, 4.69) is 9.97 Å². The van der Waals surface area contributed by atoms with Gasteiger partial charge in [-0.2, -0.15) is 14.6 Å². The predicted octanol–water partition coefficient (Wildman–Crippen LogP) is 0.446. The largest absolute Gasteiger partial charge is 0.491 e. The Hall–Kier alpha value is -2.16. The number of imidazole rings is 1. The summed E-state index contributed by atoms with van der Waals surface area (Å²) in [6.07, 6.45) is 2.43. The van der Waals surface area contributed by atoms with Gasteiger partial charge in [0, 0.05) is 0 Å². The van der Waals surface area contributed by atoms with Crippen LogP contribution in [0.1, 0.15) is 5.56 Å². The fraction of sp³-hybridized carbons (Fsp3) is 0. The molecule has 2 aromatic heterocycles. The minimum absolute atomic E-state index is 0.0625. The summed E-state index contributed by atoms with van der Waals surface area (Å²) < 4.78 is 13.7. The zero-order chi connectivity index (χ0) is 9.42. The van der Waals surface area contributed by atoms with Gasteiger partial charge in [-0.25, -0.2) is 9.38 Å². The molecule has 0 aliphatic heterocycles. The van der Waals surface area contributed by atoms with Gasteiger partial charge in [-0.3, -0.25) is 0 Å². The van der Waals surface area contributed by atoms with Gasteiger partial charge in [-0.05, 0) is 0 Å². The lowest BCUT2D eigenvalue weighted by atomic mass is 10.4. The normalized spacial score (nSPS) is 10.2. The zero-order valence-corrected chi connectivity index (χ0v) is 6.27. The molecule has 5 nitrogen and oxygen atoms in total. The van der Waals surface area contributed by atoms with E-state index in [1.54, 1.807) is 6.07 Å². The van der Waals surface area contributed by atoms with Crippen LogP contribution >= 0.6 is 0 Å². The molecule has 0 unspecified atom stereocenters. The highest BCUT2D eigenvalue weighted by atomic mass is 19.1. The van der Waals surface area contributed by atoms with Gasteiger partial charge in [-0.15, -0.1) is 0 Å². The van der Waals surface area contributed by atoms with E-state index in [4.69, 9.17) is 10.4 Å². The van der Waals surface area contributed by atoms with Crippen LogP contribution in [0.4, 0.5) is 4.39 Å². The molecule has 0 spiro atoms. The van der Waals surface area contributed by atoms with Crippen LogP contribution in [-0.2, 0) is 0 Å². The van der Waals surface area contributed by atoms with Crippen molar-refractivity contribution >= 4 is 5.65 Å². The number of fused-ring (bicyclic) bond motifs is 1. The lowest BCUT2D eigenvalue weighted by molar-refractivity contribution is 0.404. The first kappa shape index (κ1) is 7.49. The van der Waals surface area contributed by atoms with Crippen molar-refractivity contribution in [3.8, 4) is 11.9 Å². The second-order valence-corrected chi connectivity index (χ2v) is 2.34. The first-order valence-corrected chi connectivity index (χ1v) is 3.34. The number of hydrogen-bond acceptors (Lipinski definition) is 4. The van der Waals surface area contributed by atoms with Gasteiger partial charge in [0.1, 0.15) is 18.0 Å². The summed E-state index contributed by atoms with van der Waals surface area (Å²) in [7, 11) is 0. The summed E-state index contributed by atoms with van der Waals surface area (Å²) in [6, 6.07) is 1.79. The lowest BCUT2D eigenvalue weighted by Gasteiger charge is -1.93. The molecular weight excluding hydrogens is 175 g/mol. The number of nitriles is 1. The van der Waals surface area contributed by atoms with E-state index in [1.807, 2.05) is 0 Å². The standard InChI is InChI=1S/C7H3FN4O/c8-5-7(13)12-3-10-2-4(1-9)6(12)11-5/h2-3,13H. The second kappa shape index (κ2) is 2.42. The van der Waals surface area contributed by atoms with E-state index in [1.165, 1.54) is 12.5 Å². The van der Waals surface area contributed by atoms with Crippen LogP contribution in [0.15, 0.2) is 12.5 Å². The quantitative estimate of drug-likeness (QED) is 0.635. The highest BCUT2D eigenvalue weighted by Crippen LogP contribution is 2.18. The Morgan fingerprint density at radius 3 is 3.08 bits per heavy atom. The maximum atomic E-state index is 12.7. The molecule has 13 heavy (non-hydrogen) atoms. The number of halogens is 1. The Bertz CT molecular complexity index is 513. The molecule has 0 bridgehead atoms. The second-order valence-electron chi connectivity index (χ2n) is 2.34. The Balaban J connectivity index is 2.95. The Labute approximate surface area is 71.7 Å². The summed E-state index contributed by atoms with van der Waals surface area (Å²) in [5, 5.41) is 17.7. The minimum atomic E-state index is -1.01. The molecule has 0 aliphatic rings. The van der Waals surface area contributed by atoms with Crippen LogP contribution in [0.3, 0.4) is 0 Å². The molecule has 0 saturated carbocycles. The van der Waals surface area contributed by atoms with E-state index < -0.39 is 11.8 Å². The molecule has 2 rings (SSSR count). The molecular formula is C7H3FN4O. The third kappa shape index (κ3) is 0.906. The smallest absolute Gasteiger partial charge is 0.276 e. The summed E-state index contributed by atoms with van der Waals surface area (Å²) >= 11 is 0. The molecule has 0 radical (unpaired) electrons. The molecule has 2 heterocycles. The van der Waals surface area contributed by atoms with Crippen molar-refractivity contribution < 1.29 is 9.50 Å². The van der Waals surface area contributed by atoms with E-state index in [9.17, 15) is 4.39 Å². The maximum absolute atomic E-state index is 12.7. The highest BCUT2D eigenvalue weighted by molar-refractivity contribution is 5.55. The van der Waals surface area contributed by atoms with Gasteiger partial charge >= 0.3 is 0 Å². The van der Waals surface area contributed by atoms with Crippen molar-refractivity contribution in [2.24, 2.45) is 0 Å². The summed E-state index contributed by atoms with van der Waals surface area (Å²) in [5.41, 5.74) is 0.175. The first-order valence-electron chi connectivity index (χ1n) is 3.34. The zero-order valence-electron chi connectivity index (χ0n) is 6.27. The van der Waals surface area contributed by atoms with Crippen molar-refractivity contribution in [1.82, 2.24) is 14.4 Å². The van der Waals surface area contributed by atoms with Gasteiger partial charge < -0.3 is 5.11 Å². The van der Waals surface area contributed by atoms with Gasteiger partial charge in [0.05, 0.1) is 6.20 Å². The van der Waals surface area contributed by atoms with Crippen LogP contribution in [-0.4, -0.2) is 19.5 Å². The number of aromatic nitrogens is 3. The van der Waals surface area contributed by atoms with E-state index in [-0.39, 0.29) is 11.2 Å². The van der Waals surface area contributed by atoms with Crippen LogP contribution < -0.4 is 0 Å². The average molecular weight is 178 g/mol. The van der Waals surface area contributed by atoms with Crippen molar-refractivity contribution in [3.63, 3.8) is 0 Å². The van der Waals surface area contributed by atoms with Crippen molar-refractivity contribution in [3.05, 3.63) is 24.0 Å². The molecule has 0 saturated heterocycles. The summed E-state index contributed by atoms with van der Waals surface area (Å²) in [6.45, 7) is 0. The maximum Gasteiger partial charge on any atom is 0.276 e. The number of nitrogens with zero attached hydrogens (tertiary/aromatic N) is 4. The fourth-order valence-electron chi connectivity index (χ4n) is 1.01. The molecule has 1 N–H and O–H groups in total. The first-order chi connectivity index (χ1) is 6.24. The number of rotatable bonds is 0. The average Bonchev–Trinajstić information content (AvgIpc) is 2.43. The van der Waals surface area contributed by atoms with Crippen LogP contribution in [0.2, 0.25) is 0 Å². The summed E-state index contributed by atoms with van der Waals surface area (Å²) in [4.78, 5) is 7.00. The molecule has 6 heteroatoms. The molecule has 0 amide bonds. The van der Waals surface area contributed by atoms with Crippen LogP contribution in [0.5, 0.6) is 5.88 Å². The predicted molar refractivity (Wildman–Crippen MR) is 39.3 cm³/mol. The van der Waals surface area contributed by atoms with E-state index in [0.29, 0.717) is 0 Å². The number of hydrogen-bond donors (Lipinski definition) is 1. The van der Waals surface area contributed by atoms with Gasteiger partial charge in [0.25, 0.3) is 11.8 Å². The van der Waals surface area contributed by atoms with Crippen LogP contribution in [0.25, 0.3) is 5.65 Å². The molecule has 0 atom stereocenters. The third-order valence-electron chi connectivity index (χ3n) is 1.59. The monoisotopic (exact) mass is 178 g/mol. The Morgan fingerprint density at radius 1 is 1.62 bits per heavy atom. The molecule has 2 aromatic rings. The van der Waals surface area contributed by atoms with Crippen molar-refractivity contribution in [2.45, 2.75) is 0 Å². The van der Waals surface area contributed by atoms with E-state index >= 15 is 0 Å². The molecule has 0 aromatic carbocycles. The highest BCUT2D eigenvalue weighted by Gasteiger charge is 2.12. The van der Waals surface area contributed by atoms with Crippen molar-refractivity contribution in [2.75, 3.05) is 0 Å². The Kier molecular flexibility index (Phi) is 1.39. The fourth-order valence-corrected chi connectivity index (χ4v) is 1.01. The number of aromatic hydroxyl groups is 1. The topological polar surface area (TPSA) is 74.2 Å². The molecule has 0 fully saturated rings. The summed E-state index contributed by atoms with van der Waals surface area (Å²) in [5.74, 6) is -1.65. The SMILES string of the molecule is N#Cc1cncn2c(O)c(F)nc12. The van der Waals surface area contributed by atoms with Crippen molar-refractivity contribution in [1.29, 1.82) is 5.26 Å². The van der Waals surface area contributed by atoms with Crippen LogP contribution in [0, 0.1) is 17.3 Å². The van der Waals surface area contributed by atoms with E-state index in [0.717, 1.165) is 4.40 Å². The minimum Gasteiger partial charge on any atom is -0.491 e. The van der Waals surface area contributed by atoms with Gasteiger partial charge in [-0.1, -0.05) is 0 Å². The Morgan fingerprint density at radius 2 is 2.38 bits per heavy atom. The molecule has 0 aliphatic carbocycles. The van der Waals surface area contributed by atoms with Gasteiger partial charge in [0.15, 0.2) is 5.65 Å². The third-order valence-corrected chi connectivity index (χ3v) is 1.59.